The summed E-state index contributed by atoms with van der Waals surface area (Å²) in [7, 11) is 0. The monoisotopic (exact) mass is 306 g/mol. The predicted octanol–water partition coefficient (Wildman–Crippen LogP) is 4.76. The maximum Gasteiger partial charge on any atom is 0.123 e. The second-order valence-electron chi connectivity index (χ2n) is 5.07. The van der Waals surface area contributed by atoms with Crippen molar-refractivity contribution in [3.8, 4) is 28.3 Å². The number of hydrogen-bond acceptors (Lipinski definition) is 2. The molecule has 4 heteroatoms. The zero-order valence-electron chi connectivity index (χ0n) is 12.1. The lowest BCUT2D eigenvalue weighted by Gasteiger charge is -2.10. The Bertz CT molecular complexity index is 898. The maximum absolute atomic E-state index is 13.5. The number of nitriles is 1. The molecular weight excluding hydrogens is 294 g/mol. The Morgan fingerprint density at radius 2 is 1.52 bits per heavy atom. The van der Waals surface area contributed by atoms with Crippen LogP contribution in [0, 0.1) is 23.0 Å². The fourth-order valence-corrected chi connectivity index (χ4v) is 2.44. The molecule has 0 aliphatic rings. The van der Waals surface area contributed by atoms with E-state index in [1.807, 2.05) is 6.07 Å². The van der Waals surface area contributed by atoms with Crippen molar-refractivity contribution >= 4 is 0 Å². The molecule has 0 fully saturated rings. The SMILES string of the molecule is N#CCc1ncc(-c2cccc(F)c2)cc1-c1cccc(F)c1. The molecule has 0 bridgehead atoms. The summed E-state index contributed by atoms with van der Waals surface area (Å²) >= 11 is 0. The fourth-order valence-electron chi connectivity index (χ4n) is 2.44. The second-order valence-corrected chi connectivity index (χ2v) is 5.07. The van der Waals surface area contributed by atoms with Crippen molar-refractivity contribution in [1.29, 1.82) is 5.26 Å². The molecule has 0 saturated carbocycles. The Hall–Kier alpha value is -3.06. The van der Waals surface area contributed by atoms with Crippen molar-refractivity contribution in [2.75, 3.05) is 0 Å². The van der Waals surface area contributed by atoms with Gasteiger partial charge in [0.1, 0.15) is 11.6 Å². The lowest BCUT2D eigenvalue weighted by atomic mass is 9.98. The standard InChI is InChI=1S/C19H12F2N2/c20-16-5-1-3-13(9-16)15-11-18(19(7-8-22)23-12-15)14-4-2-6-17(21)10-14/h1-6,9-12H,7H2. The number of nitrogens with zero attached hydrogens (tertiary/aromatic N) is 2. The Morgan fingerprint density at radius 1 is 0.870 bits per heavy atom. The third-order valence-electron chi connectivity index (χ3n) is 3.51. The molecule has 0 radical (unpaired) electrons. The fraction of sp³-hybridized carbons (Fsp3) is 0.0526. The van der Waals surface area contributed by atoms with E-state index >= 15 is 0 Å². The summed E-state index contributed by atoms with van der Waals surface area (Å²) in [5.74, 6) is -0.697. The molecule has 3 aromatic rings. The lowest BCUT2D eigenvalue weighted by Crippen LogP contribution is -1.95. The molecule has 1 aromatic heterocycles. The summed E-state index contributed by atoms with van der Waals surface area (Å²) in [5.41, 5.74) is 3.27. The first kappa shape index (κ1) is 14.9. The van der Waals surface area contributed by atoms with Gasteiger partial charge < -0.3 is 0 Å². The molecule has 23 heavy (non-hydrogen) atoms. The molecule has 0 aliphatic carbocycles. The molecule has 0 N–H and O–H groups in total. The molecule has 2 aromatic carbocycles. The van der Waals surface area contributed by atoms with Gasteiger partial charge in [-0.15, -0.1) is 0 Å². The normalized spacial score (nSPS) is 10.3. The molecule has 3 rings (SSSR count). The minimum atomic E-state index is -0.360. The summed E-state index contributed by atoms with van der Waals surface area (Å²) in [6, 6.07) is 16.2. The molecule has 2 nitrogen and oxygen atoms in total. The lowest BCUT2D eigenvalue weighted by molar-refractivity contribution is 0.628. The van der Waals surface area contributed by atoms with Crippen LogP contribution >= 0.6 is 0 Å². The minimum Gasteiger partial charge on any atom is -0.259 e. The van der Waals surface area contributed by atoms with Crippen LogP contribution in [0.5, 0.6) is 0 Å². The number of benzene rings is 2. The average molecular weight is 306 g/mol. The van der Waals surface area contributed by atoms with Gasteiger partial charge >= 0.3 is 0 Å². The molecule has 0 atom stereocenters. The number of hydrogen-bond donors (Lipinski definition) is 0. The van der Waals surface area contributed by atoms with Crippen molar-refractivity contribution in [3.63, 3.8) is 0 Å². The van der Waals surface area contributed by atoms with E-state index in [4.69, 9.17) is 5.26 Å². The molecule has 112 valence electrons. The van der Waals surface area contributed by atoms with Gasteiger partial charge in [0.2, 0.25) is 0 Å². The topological polar surface area (TPSA) is 36.7 Å². The first-order chi connectivity index (χ1) is 11.2. The third-order valence-corrected chi connectivity index (χ3v) is 3.51. The van der Waals surface area contributed by atoms with Gasteiger partial charge in [0.15, 0.2) is 0 Å². The van der Waals surface area contributed by atoms with E-state index in [0.29, 0.717) is 27.9 Å². The first-order valence-electron chi connectivity index (χ1n) is 7.05. The van der Waals surface area contributed by atoms with Gasteiger partial charge in [-0.25, -0.2) is 8.78 Å². The van der Waals surface area contributed by atoms with Crippen molar-refractivity contribution in [2.45, 2.75) is 6.42 Å². The minimum absolute atomic E-state index is 0.120. The third kappa shape index (κ3) is 3.24. The average Bonchev–Trinajstić information content (AvgIpc) is 2.55. The summed E-state index contributed by atoms with van der Waals surface area (Å²) in [6.07, 6.45) is 1.72. The van der Waals surface area contributed by atoms with E-state index in [9.17, 15) is 8.78 Å². The quantitative estimate of drug-likeness (QED) is 0.699. The van der Waals surface area contributed by atoms with Gasteiger partial charge in [-0.1, -0.05) is 24.3 Å². The summed E-state index contributed by atoms with van der Waals surface area (Å²) in [4.78, 5) is 4.31. The van der Waals surface area contributed by atoms with E-state index in [1.54, 1.807) is 30.5 Å². The summed E-state index contributed by atoms with van der Waals surface area (Å²) < 4.78 is 26.9. The highest BCUT2D eigenvalue weighted by atomic mass is 19.1. The summed E-state index contributed by atoms with van der Waals surface area (Å²) in [5, 5.41) is 8.95. The Balaban J connectivity index is 2.16. The van der Waals surface area contributed by atoms with Crippen molar-refractivity contribution in [3.05, 3.63) is 78.1 Å². The van der Waals surface area contributed by atoms with E-state index in [0.717, 1.165) is 0 Å². The van der Waals surface area contributed by atoms with Gasteiger partial charge in [-0.3, -0.25) is 4.98 Å². The van der Waals surface area contributed by atoms with Gasteiger partial charge in [0, 0.05) is 17.3 Å². The largest absolute Gasteiger partial charge is 0.259 e. The van der Waals surface area contributed by atoms with Crippen LogP contribution in [0.4, 0.5) is 8.78 Å². The van der Waals surface area contributed by atoms with Gasteiger partial charge in [-0.2, -0.15) is 5.26 Å². The van der Waals surface area contributed by atoms with E-state index < -0.39 is 0 Å². The zero-order chi connectivity index (χ0) is 16.2. The molecular formula is C19H12F2N2. The molecule has 0 amide bonds. The number of aromatic nitrogens is 1. The molecule has 0 unspecified atom stereocenters. The maximum atomic E-state index is 13.5. The van der Waals surface area contributed by atoms with Gasteiger partial charge in [0.05, 0.1) is 18.2 Å². The Morgan fingerprint density at radius 3 is 2.17 bits per heavy atom. The number of halogens is 2. The van der Waals surface area contributed by atoms with E-state index in [-0.39, 0.29) is 18.1 Å². The second kappa shape index (κ2) is 6.37. The summed E-state index contributed by atoms with van der Waals surface area (Å²) in [6.45, 7) is 0. The first-order valence-corrected chi connectivity index (χ1v) is 7.05. The number of pyridine rings is 1. The van der Waals surface area contributed by atoms with Crippen molar-refractivity contribution < 1.29 is 8.78 Å². The zero-order valence-corrected chi connectivity index (χ0v) is 12.1. The van der Waals surface area contributed by atoms with Crippen LogP contribution in [0.25, 0.3) is 22.3 Å². The molecule has 1 heterocycles. The van der Waals surface area contributed by atoms with Gasteiger partial charge in [0.25, 0.3) is 0 Å². The smallest absolute Gasteiger partial charge is 0.123 e. The van der Waals surface area contributed by atoms with Gasteiger partial charge in [-0.05, 0) is 41.5 Å². The van der Waals surface area contributed by atoms with Crippen LogP contribution < -0.4 is 0 Å². The van der Waals surface area contributed by atoms with Crippen LogP contribution in [0.2, 0.25) is 0 Å². The van der Waals surface area contributed by atoms with E-state index in [2.05, 4.69) is 11.1 Å². The van der Waals surface area contributed by atoms with Crippen LogP contribution in [0.15, 0.2) is 60.8 Å². The van der Waals surface area contributed by atoms with Crippen LogP contribution in [-0.4, -0.2) is 4.98 Å². The van der Waals surface area contributed by atoms with Crippen molar-refractivity contribution in [1.82, 2.24) is 4.98 Å². The van der Waals surface area contributed by atoms with Crippen LogP contribution in [0.1, 0.15) is 5.69 Å². The molecule has 0 saturated heterocycles. The molecule has 0 spiro atoms. The Kier molecular flexibility index (Phi) is 4.11. The van der Waals surface area contributed by atoms with Crippen LogP contribution in [-0.2, 0) is 6.42 Å². The Labute approximate surface area is 132 Å². The highest BCUT2D eigenvalue weighted by Gasteiger charge is 2.10. The van der Waals surface area contributed by atoms with E-state index in [1.165, 1.54) is 24.3 Å². The number of rotatable bonds is 3. The highest BCUT2D eigenvalue weighted by molar-refractivity contribution is 5.74. The van der Waals surface area contributed by atoms with Crippen molar-refractivity contribution in [2.24, 2.45) is 0 Å². The molecule has 0 aliphatic heterocycles. The van der Waals surface area contributed by atoms with Crippen LogP contribution in [0.3, 0.4) is 0 Å². The highest BCUT2D eigenvalue weighted by Crippen LogP contribution is 2.29. The predicted molar refractivity (Wildman–Crippen MR) is 84.3 cm³/mol.